The SMILES string of the molecule is CN1CCN(c2ccc(Nc3ccnc4ccc(-c5ccc(C(C)(C)C)cc5)cc34)cc2)CC1. The Morgan fingerprint density at radius 3 is 2.12 bits per heavy atom. The number of nitrogens with zero attached hydrogens (tertiary/aromatic N) is 3. The standard InChI is InChI=1S/C30H34N4/c1-30(2,3)24-8-5-22(6-9-24)23-7-14-28-27(21-23)29(15-16-31-28)32-25-10-12-26(13-11-25)34-19-17-33(4)18-20-34/h5-16,21H,17-20H2,1-4H3,(H,31,32). The van der Waals surface area contributed by atoms with Crippen LogP contribution < -0.4 is 10.2 Å². The first-order chi connectivity index (χ1) is 16.4. The van der Waals surface area contributed by atoms with Crippen molar-refractivity contribution in [2.45, 2.75) is 26.2 Å². The molecule has 0 bridgehead atoms. The normalized spacial score (nSPS) is 15.0. The summed E-state index contributed by atoms with van der Waals surface area (Å²) in [5.74, 6) is 0. The number of anilines is 3. The van der Waals surface area contributed by atoms with E-state index < -0.39 is 0 Å². The number of pyridine rings is 1. The fourth-order valence-electron chi connectivity index (χ4n) is 4.57. The van der Waals surface area contributed by atoms with Gasteiger partial charge >= 0.3 is 0 Å². The average molecular weight is 451 g/mol. The Bertz CT molecular complexity index is 1260. The van der Waals surface area contributed by atoms with Gasteiger partial charge in [0.1, 0.15) is 0 Å². The monoisotopic (exact) mass is 450 g/mol. The molecule has 1 fully saturated rings. The summed E-state index contributed by atoms with van der Waals surface area (Å²) in [6.45, 7) is 11.1. The molecule has 4 heteroatoms. The van der Waals surface area contributed by atoms with Crippen LogP contribution >= 0.6 is 0 Å². The number of fused-ring (bicyclic) bond motifs is 1. The van der Waals surface area contributed by atoms with Crippen molar-refractivity contribution >= 4 is 28.0 Å². The second kappa shape index (κ2) is 9.11. The van der Waals surface area contributed by atoms with Gasteiger partial charge < -0.3 is 15.1 Å². The zero-order valence-corrected chi connectivity index (χ0v) is 20.7. The lowest BCUT2D eigenvalue weighted by atomic mass is 9.86. The van der Waals surface area contributed by atoms with E-state index in [2.05, 4.69) is 121 Å². The zero-order valence-electron chi connectivity index (χ0n) is 20.7. The lowest BCUT2D eigenvalue weighted by molar-refractivity contribution is 0.313. The van der Waals surface area contributed by atoms with Crippen LogP contribution in [0.4, 0.5) is 17.1 Å². The van der Waals surface area contributed by atoms with Gasteiger partial charge in [0.25, 0.3) is 0 Å². The topological polar surface area (TPSA) is 31.4 Å². The first-order valence-electron chi connectivity index (χ1n) is 12.2. The van der Waals surface area contributed by atoms with Crippen molar-refractivity contribution < 1.29 is 0 Å². The van der Waals surface area contributed by atoms with Crippen molar-refractivity contribution in [3.8, 4) is 11.1 Å². The minimum absolute atomic E-state index is 0.156. The van der Waals surface area contributed by atoms with Gasteiger partial charge in [0, 0.05) is 54.8 Å². The van der Waals surface area contributed by atoms with Gasteiger partial charge in [-0.25, -0.2) is 0 Å². The van der Waals surface area contributed by atoms with Gasteiger partial charge in [-0.3, -0.25) is 4.98 Å². The molecule has 2 heterocycles. The maximum atomic E-state index is 4.60. The molecular weight excluding hydrogens is 416 g/mol. The Kier molecular flexibility index (Phi) is 6.01. The van der Waals surface area contributed by atoms with Crippen LogP contribution in [0.25, 0.3) is 22.0 Å². The van der Waals surface area contributed by atoms with Gasteiger partial charge in [-0.05, 0) is 71.6 Å². The third-order valence-electron chi connectivity index (χ3n) is 6.84. The molecule has 1 N–H and O–H groups in total. The molecule has 5 rings (SSSR count). The van der Waals surface area contributed by atoms with E-state index in [9.17, 15) is 0 Å². The molecule has 4 aromatic rings. The van der Waals surface area contributed by atoms with Crippen LogP contribution in [0, 0.1) is 0 Å². The van der Waals surface area contributed by atoms with Gasteiger partial charge in [0.05, 0.1) is 5.52 Å². The molecule has 174 valence electrons. The lowest BCUT2D eigenvalue weighted by Gasteiger charge is -2.34. The van der Waals surface area contributed by atoms with E-state index in [1.807, 2.05) is 6.20 Å². The predicted molar refractivity (Wildman–Crippen MR) is 145 cm³/mol. The predicted octanol–water partition coefficient (Wildman–Crippen LogP) is 6.69. The van der Waals surface area contributed by atoms with Gasteiger partial charge in [-0.1, -0.05) is 51.1 Å². The van der Waals surface area contributed by atoms with Crippen molar-refractivity contribution in [3.63, 3.8) is 0 Å². The molecule has 0 radical (unpaired) electrons. The third-order valence-corrected chi connectivity index (χ3v) is 6.84. The van der Waals surface area contributed by atoms with Gasteiger partial charge in [-0.2, -0.15) is 0 Å². The van der Waals surface area contributed by atoms with Crippen molar-refractivity contribution in [1.82, 2.24) is 9.88 Å². The molecule has 34 heavy (non-hydrogen) atoms. The molecule has 0 unspecified atom stereocenters. The van der Waals surface area contributed by atoms with Crippen molar-refractivity contribution in [2.24, 2.45) is 0 Å². The van der Waals surface area contributed by atoms with Crippen molar-refractivity contribution in [1.29, 1.82) is 0 Å². The molecule has 1 aromatic heterocycles. The van der Waals surface area contributed by atoms with Crippen LogP contribution in [-0.2, 0) is 5.41 Å². The van der Waals surface area contributed by atoms with E-state index in [1.54, 1.807) is 0 Å². The Morgan fingerprint density at radius 1 is 0.765 bits per heavy atom. The third kappa shape index (κ3) is 4.78. The highest BCUT2D eigenvalue weighted by Crippen LogP contribution is 2.32. The first-order valence-corrected chi connectivity index (χ1v) is 12.2. The summed E-state index contributed by atoms with van der Waals surface area (Å²) >= 11 is 0. The summed E-state index contributed by atoms with van der Waals surface area (Å²) in [6.07, 6.45) is 1.88. The fourth-order valence-corrected chi connectivity index (χ4v) is 4.57. The van der Waals surface area contributed by atoms with Crippen LogP contribution in [-0.4, -0.2) is 43.1 Å². The minimum atomic E-state index is 0.156. The summed E-state index contributed by atoms with van der Waals surface area (Å²) in [5, 5.41) is 4.75. The molecule has 1 aliphatic rings. The van der Waals surface area contributed by atoms with E-state index in [1.165, 1.54) is 22.4 Å². The number of benzene rings is 3. The van der Waals surface area contributed by atoms with E-state index in [0.29, 0.717) is 0 Å². The maximum absolute atomic E-state index is 4.60. The molecule has 4 nitrogen and oxygen atoms in total. The molecule has 1 saturated heterocycles. The molecule has 3 aromatic carbocycles. The number of rotatable bonds is 4. The van der Waals surface area contributed by atoms with Gasteiger partial charge in [0.2, 0.25) is 0 Å². The second-order valence-corrected chi connectivity index (χ2v) is 10.4. The van der Waals surface area contributed by atoms with Gasteiger partial charge in [0.15, 0.2) is 0 Å². The number of nitrogens with one attached hydrogen (secondary N) is 1. The highest BCUT2D eigenvalue weighted by atomic mass is 15.2. The van der Waals surface area contributed by atoms with Crippen LogP contribution in [0.3, 0.4) is 0 Å². The van der Waals surface area contributed by atoms with Crippen LogP contribution in [0.15, 0.2) is 79.0 Å². The van der Waals surface area contributed by atoms with E-state index in [-0.39, 0.29) is 5.41 Å². The van der Waals surface area contributed by atoms with Crippen molar-refractivity contribution in [3.05, 3.63) is 84.6 Å². The first kappa shape index (κ1) is 22.4. The summed E-state index contributed by atoms with van der Waals surface area (Å²) < 4.78 is 0. The second-order valence-electron chi connectivity index (χ2n) is 10.4. The summed E-state index contributed by atoms with van der Waals surface area (Å²) in [4.78, 5) is 9.44. The zero-order chi connectivity index (χ0) is 23.7. The Labute approximate surface area is 203 Å². The van der Waals surface area contributed by atoms with E-state index >= 15 is 0 Å². The summed E-state index contributed by atoms with van der Waals surface area (Å²) in [7, 11) is 2.19. The molecule has 1 aliphatic heterocycles. The largest absolute Gasteiger partial charge is 0.369 e. The van der Waals surface area contributed by atoms with E-state index in [4.69, 9.17) is 0 Å². The highest BCUT2D eigenvalue weighted by Gasteiger charge is 2.15. The number of piperazine rings is 1. The van der Waals surface area contributed by atoms with Crippen LogP contribution in [0.5, 0.6) is 0 Å². The highest BCUT2D eigenvalue weighted by molar-refractivity contribution is 5.95. The Hall–Kier alpha value is -3.37. The maximum Gasteiger partial charge on any atom is 0.0723 e. The van der Waals surface area contributed by atoms with Crippen molar-refractivity contribution in [2.75, 3.05) is 43.4 Å². The molecule has 0 saturated carbocycles. The number of hydrogen-bond donors (Lipinski definition) is 1. The summed E-state index contributed by atoms with van der Waals surface area (Å²) in [5.41, 5.74) is 8.38. The van der Waals surface area contributed by atoms with Crippen LogP contribution in [0.2, 0.25) is 0 Å². The molecule has 0 amide bonds. The quantitative estimate of drug-likeness (QED) is 0.375. The molecule has 0 aliphatic carbocycles. The smallest absolute Gasteiger partial charge is 0.0723 e. The van der Waals surface area contributed by atoms with Gasteiger partial charge in [-0.15, -0.1) is 0 Å². The Morgan fingerprint density at radius 2 is 1.44 bits per heavy atom. The van der Waals surface area contributed by atoms with E-state index in [0.717, 1.165) is 48.5 Å². The summed E-state index contributed by atoms with van der Waals surface area (Å²) in [6, 6.07) is 26.3. The molecular formula is C30H34N4. The molecule has 0 atom stereocenters. The number of hydrogen-bond acceptors (Lipinski definition) is 4. The van der Waals surface area contributed by atoms with Crippen LogP contribution in [0.1, 0.15) is 26.3 Å². The fraction of sp³-hybridized carbons (Fsp3) is 0.300. The number of aromatic nitrogens is 1. The Balaban J connectivity index is 1.39. The minimum Gasteiger partial charge on any atom is -0.369 e. The lowest BCUT2D eigenvalue weighted by Crippen LogP contribution is -2.44. The average Bonchev–Trinajstić information content (AvgIpc) is 2.85. The molecule has 0 spiro atoms. The number of likely N-dealkylation sites (N-methyl/N-ethyl adjacent to an activating group) is 1.